The molecular formula is C15H18N2O4S2. The second kappa shape index (κ2) is 6.20. The summed E-state index contributed by atoms with van der Waals surface area (Å²) in [6, 6.07) is 8.74. The summed E-state index contributed by atoms with van der Waals surface area (Å²) in [4.78, 5) is 11.3. The van der Waals surface area contributed by atoms with Crippen molar-refractivity contribution in [1.29, 1.82) is 0 Å². The van der Waals surface area contributed by atoms with Gasteiger partial charge < -0.3 is 10.8 Å². The van der Waals surface area contributed by atoms with E-state index in [1.807, 2.05) is 24.3 Å². The zero-order valence-corrected chi connectivity index (χ0v) is 14.0. The number of hydrogen-bond donors (Lipinski definition) is 2. The molecule has 8 heteroatoms. The molecule has 0 aliphatic carbocycles. The summed E-state index contributed by atoms with van der Waals surface area (Å²) in [5, 5.41) is 10.1. The summed E-state index contributed by atoms with van der Waals surface area (Å²) in [5.41, 5.74) is 5.94. The topological polar surface area (TPSA) is 101 Å². The van der Waals surface area contributed by atoms with Crippen LogP contribution in [-0.4, -0.2) is 42.9 Å². The molecule has 2 heterocycles. The Balaban J connectivity index is 1.97. The first kappa shape index (κ1) is 16.4. The molecule has 2 atom stereocenters. The van der Waals surface area contributed by atoms with Crippen LogP contribution in [0.2, 0.25) is 0 Å². The second-order valence-corrected chi connectivity index (χ2v) is 9.05. The minimum absolute atomic E-state index is 0.0282. The van der Waals surface area contributed by atoms with Crippen LogP contribution in [0.3, 0.4) is 0 Å². The van der Waals surface area contributed by atoms with Crippen LogP contribution in [0, 0.1) is 5.92 Å². The van der Waals surface area contributed by atoms with Gasteiger partial charge in [0.2, 0.25) is 0 Å². The van der Waals surface area contributed by atoms with Crippen LogP contribution in [0.1, 0.15) is 12.8 Å². The molecule has 0 spiro atoms. The molecule has 0 amide bonds. The van der Waals surface area contributed by atoms with Crippen LogP contribution >= 0.6 is 11.3 Å². The molecule has 23 heavy (non-hydrogen) atoms. The fourth-order valence-corrected chi connectivity index (χ4v) is 5.88. The lowest BCUT2D eigenvalue weighted by Gasteiger charge is -2.22. The minimum Gasteiger partial charge on any atom is -0.481 e. The highest BCUT2D eigenvalue weighted by Crippen LogP contribution is 2.32. The zero-order valence-electron chi connectivity index (χ0n) is 12.4. The first-order valence-electron chi connectivity index (χ1n) is 7.35. The van der Waals surface area contributed by atoms with E-state index >= 15 is 0 Å². The Morgan fingerprint density at radius 2 is 2.00 bits per heavy atom. The van der Waals surface area contributed by atoms with Gasteiger partial charge >= 0.3 is 5.97 Å². The highest BCUT2D eigenvalue weighted by atomic mass is 32.2. The van der Waals surface area contributed by atoms with Crippen LogP contribution < -0.4 is 5.73 Å². The number of aliphatic carboxylic acids is 1. The summed E-state index contributed by atoms with van der Waals surface area (Å²) in [6.45, 7) is 0.125. The number of nitrogens with two attached hydrogens (primary N) is 1. The van der Waals surface area contributed by atoms with E-state index < -0.39 is 21.9 Å². The number of hydrogen-bond acceptors (Lipinski definition) is 5. The highest BCUT2D eigenvalue weighted by molar-refractivity contribution is 7.91. The van der Waals surface area contributed by atoms with Crippen LogP contribution in [0.15, 0.2) is 34.5 Å². The standard InChI is InChI=1S/C15H18N2O4S2/c16-12-6-5-11(15(18)19)8-17(9-12)23(20,21)14-7-10-3-1-2-4-13(10)22-14/h1-4,7,11-12H,5-6,8-9,16H2,(H,18,19)/t11-,12+/m0/s1. The molecule has 1 aromatic heterocycles. The van der Waals surface area contributed by atoms with E-state index in [-0.39, 0.29) is 23.3 Å². The van der Waals surface area contributed by atoms with Crippen molar-refractivity contribution in [3.8, 4) is 0 Å². The quantitative estimate of drug-likeness (QED) is 0.874. The molecule has 1 aromatic carbocycles. The molecule has 0 radical (unpaired) electrons. The van der Waals surface area contributed by atoms with Crippen molar-refractivity contribution in [3.63, 3.8) is 0 Å². The maximum atomic E-state index is 12.9. The number of benzene rings is 1. The third-order valence-electron chi connectivity index (χ3n) is 4.09. The fourth-order valence-electron chi connectivity index (χ4n) is 2.79. The van der Waals surface area contributed by atoms with Gasteiger partial charge in [-0.05, 0) is 30.4 Å². The molecule has 1 aliphatic rings. The van der Waals surface area contributed by atoms with E-state index in [9.17, 15) is 18.3 Å². The third-order valence-corrected chi connectivity index (χ3v) is 7.49. The predicted molar refractivity (Wildman–Crippen MR) is 88.9 cm³/mol. The first-order chi connectivity index (χ1) is 10.9. The van der Waals surface area contributed by atoms with Gasteiger partial charge in [-0.15, -0.1) is 11.3 Å². The van der Waals surface area contributed by atoms with Crippen LogP contribution in [0.25, 0.3) is 10.1 Å². The molecule has 1 aliphatic heterocycles. The molecule has 6 nitrogen and oxygen atoms in total. The third kappa shape index (κ3) is 3.25. The van der Waals surface area contributed by atoms with Crippen molar-refractivity contribution in [2.45, 2.75) is 23.1 Å². The Bertz CT molecular complexity index is 798. The van der Waals surface area contributed by atoms with Crippen LogP contribution in [0.4, 0.5) is 0 Å². The monoisotopic (exact) mass is 354 g/mol. The average molecular weight is 354 g/mol. The van der Waals surface area contributed by atoms with Gasteiger partial charge in [-0.2, -0.15) is 4.31 Å². The van der Waals surface area contributed by atoms with Gasteiger partial charge in [0, 0.05) is 23.8 Å². The lowest BCUT2D eigenvalue weighted by Crippen LogP contribution is -2.41. The predicted octanol–water partition coefficient (Wildman–Crippen LogP) is 1.71. The molecule has 3 rings (SSSR count). The molecule has 0 saturated carbocycles. The van der Waals surface area contributed by atoms with E-state index in [2.05, 4.69) is 0 Å². The lowest BCUT2D eigenvalue weighted by molar-refractivity contribution is -0.142. The summed E-state index contributed by atoms with van der Waals surface area (Å²) in [5.74, 6) is -1.69. The number of carboxylic acid groups (broad SMARTS) is 1. The average Bonchev–Trinajstić information content (AvgIpc) is 2.84. The Labute approximate surface area is 138 Å². The highest BCUT2D eigenvalue weighted by Gasteiger charge is 2.34. The number of thiophene rings is 1. The molecule has 1 saturated heterocycles. The molecule has 0 unspecified atom stereocenters. The van der Waals surface area contributed by atoms with Crippen LogP contribution in [0.5, 0.6) is 0 Å². The van der Waals surface area contributed by atoms with Crippen molar-refractivity contribution >= 4 is 37.4 Å². The van der Waals surface area contributed by atoms with E-state index in [4.69, 9.17) is 5.73 Å². The Morgan fingerprint density at radius 1 is 1.26 bits per heavy atom. The van der Waals surface area contributed by atoms with Crippen LogP contribution in [-0.2, 0) is 14.8 Å². The molecule has 124 valence electrons. The summed E-state index contributed by atoms with van der Waals surface area (Å²) in [7, 11) is -3.74. The van der Waals surface area contributed by atoms with Crippen molar-refractivity contribution < 1.29 is 18.3 Å². The summed E-state index contributed by atoms with van der Waals surface area (Å²) in [6.07, 6.45) is 0.907. The van der Waals surface area contributed by atoms with E-state index in [1.165, 1.54) is 15.6 Å². The number of nitrogens with zero attached hydrogens (tertiary/aromatic N) is 1. The van der Waals surface area contributed by atoms with Gasteiger partial charge in [-0.1, -0.05) is 18.2 Å². The Kier molecular flexibility index (Phi) is 4.41. The van der Waals surface area contributed by atoms with Gasteiger partial charge in [-0.3, -0.25) is 4.79 Å². The van der Waals surface area contributed by atoms with Crippen molar-refractivity contribution in [2.24, 2.45) is 11.7 Å². The van der Waals surface area contributed by atoms with Crippen molar-refractivity contribution in [2.75, 3.05) is 13.1 Å². The summed E-state index contributed by atoms with van der Waals surface area (Å²) < 4.78 is 28.2. The summed E-state index contributed by atoms with van der Waals surface area (Å²) >= 11 is 1.20. The first-order valence-corrected chi connectivity index (χ1v) is 9.60. The molecular weight excluding hydrogens is 336 g/mol. The lowest BCUT2D eigenvalue weighted by atomic mass is 10.0. The van der Waals surface area contributed by atoms with Gasteiger partial charge in [0.15, 0.2) is 0 Å². The number of rotatable bonds is 3. The number of carboxylic acids is 1. The van der Waals surface area contributed by atoms with Gasteiger partial charge in [0.1, 0.15) is 4.21 Å². The Morgan fingerprint density at radius 3 is 2.70 bits per heavy atom. The van der Waals surface area contributed by atoms with Crippen molar-refractivity contribution in [1.82, 2.24) is 4.31 Å². The second-order valence-electron chi connectivity index (χ2n) is 5.80. The van der Waals surface area contributed by atoms with Gasteiger partial charge in [0.25, 0.3) is 10.0 Å². The number of sulfonamides is 1. The van der Waals surface area contributed by atoms with Gasteiger partial charge in [-0.25, -0.2) is 8.42 Å². The normalized spacial score (nSPS) is 23.7. The molecule has 0 bridgehead atoms. The van der Waals surface area contributed by atoms with E-state index in [1.54, 1.807) is 6.07 Å². The van der Waals surface area contributed by atoms with E-state index in [0.717, 1.165) is 10.1 Å². The zero-order chi connectivity index (χ0) is 16.6. The fraction of sp³-hybridized carbons (Fsp3) is 0.400. The molecule has 1 fully saturated rings. The molecule has 2 aromatic rings. The van der Waals surface area contributed by atoms with E-state index in [0.29, 0.717) is 12.8 Å². The minimum atomic E-state index is -3.74. The van der Waals surface area contributed by atoms with Gasteiger partial charge in [0.05, 0.1) is 5.92 Å². The maximum absolute atomic E-state index is 12.9. The maximum Gasteiger partial charge on any atom is 0.307 e. The Hall–Kier alpha value is -1.48. The SMILES string of the molecule is N[C@@H]1CC[C@H](C(=O)O)CN(S(=O)(=O)c2cc3ccccc3s2)C1. The number of fused-ring (bicyclic) bond motifs is 1. The number of carbonyl (C=O) groups is 1. The smallest absolute Gasteiger partial charge is 0.307 e. The molecule has 3 N–H and O–H groups in total. The van der Waals surface area contributed by atoms with Crippen molar-refractivity contribution in [3.05, 3.63) is 30.3 Å². The largest absolute Gasteiger partial charge is 0.481 e.